The third-order valence-corrected chi connectivity index (χ3v) is 1.82. The van der Waals surface area contributed by atoms with Gasteiger partial charge in [0.1, 0.15) is 6.61 Å². The van der Waals surface area contributed by atoms with Crippen molar-refractivity contribution in [2.75, 3.05) is 52.7 Å². The maximum absolute atomic E-state index is 10.0. The normalized spacial score (nSPS) is 11.1. The minimum Gasteiger partial charge on any atom is -0.395 e. The number of rotatable bonds is 10. The zero-order chi connectivity index (χ0) is 10.6. The number of hydrogen-bond donors (Lipinski definition) is 2. The van der Waals surface area contributed by atoms with Gasteiger partial charge in [-0.1, -0.05) is 0 Å². The van der Waals surface area contributed by atoms with Crippen LogP contribution >= 0.6 is 0 Å². The lowest BCUT2D eigenvalue weighted by Crippen LogP contribution is -2.31. The molecule has 85 valence electrons. The third kappa shape index (κ3) is 8.40. The van der Waals surface area contributed by atoms with Gasteiger partial charge in [-0.15, -0.1) is 0 Å². The summed E-state index contributed by atoms with van der Waals surface area (Å²) >= 11 is 0. The van der Waals surface area contributed by atoms with Crippen LogP contribution in [-0.2, 0) is 9.84 Å². The van der Waals surface area contributed by atoms with Crippen LogP contribution in [0.25, 0.3) is 0 Å². The van der Waals surface area contributed by atoms with Gasteiger partial charge in [-0.3, -0.25) is 4.90 Å². The van der Waals surface area contributed by atoms with Gasteiger partial charge in [-0.25, -0.2) is 5.11 Å². The van der Waals surface area contributed by atoms with Crippen molar-refractivity contribution >= 4 is 0 Å². The molecule has 0 spiro atoms. The largest absolute Gasteiger partial charge is 0.395 e. The van der Waals surface area contributed by atoms with Crippen LogP contribution in [0.2, 0.25) is 0 Å². The molecule has 0 aliphatic carbocycles. The Kier molecular flexibility index (Phi) is 10.7. The summed E-state index contributed by atoms with van der Waals surface area (Å²) in [6, 6.07) is 0. The maximum Gasteiger partial charge on any atom is 0.106 e. The highest BCUT2D eigenvalue weighted by atomic mass is 16.5. The first-order chi connectivity index (χ1) is 6.85. The summed E-state index contributed by atoms with van der Waals surface area (Å²) in [5.41, 5.74) is 0. The van der Waals surface area contributed by atoms with Crippen LogP contribution in [-0.4, -0.2) is 67.8 Å². The minimum atomic E-state index is -0.197. The van der Waals surface area contributed by atoms with Crippen molar-refractivity contribution in [3.8, 4) is 0 Å². The molecule has 5 nitrogen and oxygen atoms in total. The molecule has 0 aromatic rings. The van der Waals surface area contributed by atoms with Crippen LogP contribution in [0.3, 0.4) is 0 Å². The molecule has 2 N–H and O–H groups in total. The number of nitrogens with zero attached hydrogens (tertiary/aromatic N) is 1. The Morgan fingerprint density at radius 1 is 1.00 bits per heavy atom. The van der Waals surface area contributed by atoms with Crippen molar-refractivity contribution in [1.29, 1.82) is 0 Å². The van der Waals surface area contributed by atoms with E-state index in [-0.39, 0.29) is 26.4 Å². The topological polar surface area (TPSA) is 72.8 Å². The van der Waals surface area contributed by atoms with Gasteiger partial charge in [0, 0.05) is 26.2 Å². The van der Waals surface area contributed by atoms with Gasteiger partial charge >= 0.3 is 0 Å². The highest BCUT2D eigenvalue weighted by Gasteiger charge is 2.02. The summed E-state index contributed by atoms with van der Waals surface area (Å²) in [4.78, 5) is 1.96. The van der Waals surface area contributed by atoms with E-state index in [1.54, 1.807) is 0 Å². The van der Waals surface area contributed by atoms with Crippen LogP contribution < -0.4 is 0 Å². The number of hydrogen-bond acceptors (Lipinski definition) is 4. The number of ether oxygens (including phenoxy) is 1. The molecule has 0 atom stereocenters. The van der Waals surface area contributed by atoms with Crippen molar-refractivity contribution in [2.24, 2.45) is 0 Å². The predicted octanol–water partition coefficient (Wildman–Crippen LogP) is -0.890. The Labute approximate surface area is 84.9 Å². The monoisotopic (exact) mass is 206 g/mol. The molecule has 0 amide bonds. The van der Waals surface area contributed by atoms with E-state index in [9.17, 15) is 5.11 Å². The average Bonchev–Trinajstić information content (AvgIpc) is 2.18. The summed E-state index contributed by atoms with van der Waals surface area (Å²) < 4.78 is 5.03. The molecule has 0 aliphatic heterocycles. The van der Waals surface area contributed by atoms with Gasteiger partial charge < -0.3 is 14.9 Å². The first kappa shape index (κ1) is 13.8. The minimum absolute atomic E-state index is 0.0986. The van der Waals surface area contributed by atoms with Gasteiger partial charge in [-0.05, 0) is 6.42 Å². The maximum atomic E-state index is 10.0. The quantitative estimate of drug-likeness (QED) is 0.455. The second-order valence-electron chi connectivity index (χ2n) is 2.96. The Bertz CT molecular complexity index is 107. The molecule has 0 aliphatic rings. The Morgan fingerprint density at radius 2 is 1.64 bits per heavy atom. The van der Waals surface area contributed by atoms with Crippen LogP contribution in [0.5, 0.6) is 0 Å². The van der Waals surface area contributed by atoms with Gasteiger partial charge in [-0.2, -0.15) is 0 Å². The van der Waals surface area contributed by atoms with Gasteiger partial charge in [0.2, 0.25) is 0 Å². The predicted molar refractivity (Wildman–Crippen MR) is 51.6 cm³/mol. The van der Waals surface area contributed by atoms with E-state index >= 15 is 0 Å². The molecule has 14 heavy (non-hydrogen) atoms. The summed E-state index contributed by atoms with van der Waals surface area (Å²) in [6.45, 7) is 2.75. The third-order valence-electron chi connectivity index (χ3n) is 1.82. The highest BCUT2D eigenvalue weighted by molar-refractivity contribution is 4.55. The zero-order valence-electron chi connectivity index (χ0n) is 8.52. The standard InChI is InChI=1S/C9H20NO4/c11-5-3-10(4-6-12)2-1-8-14-9-7-13/h11-12H,1-9H2. The fourth-order valence-electron chi connectivity index (χ4n) is 1.17. The van der Waals surface area contributed by atoms with E-state index in [1.165, 1.54) is 0 Å². The molecule has 0 unspecified atom stereocenters. The lowest BCUT2D eigenvalue weighted by Gasteiger charge is -2.19. The first-order valence-electron chi connectivity index (χ1n) is 4.95. The highest BCUT2D eigenvalue weighted by Crippen LogP contribution is 1.91. The van der Waals surface area contributed by atoms with E-state index in [1.807, 2.05) is 4.90 Å². The molecule has 0 aromatic heterocycles. The van der Waals surface area contributed by atoms with Gasteiger partial charge in [0.15, 0.2) is 0 Å². The van der Waals surface area contributed by atoms with Gasteiger partial charge in [0.25, 0.3) is 0 Å². The van der Waals surface area contributed by atoms with Crippen LogP contribution in [0, 0.1) is 0 Å². The van der Waals surface area contributed by atoms with Crippen LogP contribution in [0.4, 0.5) is 0 Å². The number of aliphatic hydroxyl groups excluding tert-OH is 2. The lowest BCUT2D eigenvalue weighted by molar-refractivity contribution is 0.0569. The zero-order valence-corrected chi connectivity index (χ0v) is 8.52. The fraction of sp³-hybridized carbons (Fsp3) is 1.00. The molecule has 0 rings (SSSR count). The van der Waals surface area contributed by atoms with Gasteiger partial charge in [0.05, 0.1) is 19.8 Å². The SMILES string of the molecule is [O]CCOCCCN(CCO)CCO. The van der Waals surface area contributed by atoms with Crippen molar-refractivity contribution in [2.45, 2.75) is 6.42 Å². The smallest absolute Gasteiger partial charge is 0.106 e. The Hall–Kier alpha value is -0.200. The van der Waals surface area contributed by atoms with E-state index in [0.29, 0.717) is 19.7 Å². The molecule has 0 aromatic carbocycles. The van der Waals surface area contributed by atoms with E-state index in [4.69, 9.17) is 14.9 Å². The van der Waals surface area contributed by atoms with Crippen molar-refractivity contribution < 1.29 is 20.1 Å². The molecule has 0 heterocycles. The molecule has 0 bridgehead atoms. The first-order valence-corrected chi connectivity index (χ1v) is 4.95. The fourth-order valence-corrected chi connectivity index (χ4v) is 1.17. The van der Waals surface area contributed by atoms with E-state index in [2.05, 4.69) is 0 Å². The van der Waals surface area contributed by atoms with Crippen molar-refractivity contribution in [3.05, 3.63) is 0 Å². The Balaban J connectivity index is 3.30. The van der Waals surface area contributed by atoms with Crippen LogP contribution in [0.15, 0.2) is 0 Å². The molecule has 0 fully saturated rings. The van der Waals surface area contributed by atoms with Crippen molar-refractivity contribution in [3.63, 3.8) is 0 Å². The summed E-state index contributed by atoms with van der Waals surface area (Å²) in [5.74, 6) is 0. The molecule has 1 radical (unpaired) electrons. The molecule has 5 heteroatoms. The summed E-state index contributed by atoms with van der Waals surface area (Å²) in [7, 11) is 0. The lowest BCUT2D eigenvalue weighted by atomic mass is 10.4. The second kappa shape index (κ2) is 10.9. The molecular weight excluding hydrogens is 186 g/mol. The molecule has 0 saturated heterocycles. The molecular formula is C9H20NO4. The van der Waals surface area contributed by atoms with Crippen molar-refractivity contribution in [1.82, 2.24) is 4.90 Å². The number of aliphatic hydroxyl groups is 2. The average molecular weight is 206 g/mol. The van der Waals surface area contributed by atoms with E-state index in [0.717, 1.165) is 13.0 Å². The molecule has 0 saturated carbocycles. The summed E-state index contributed by atoms with van der Waals surface area (Å²) in [5, 5.41) is 27.4. The Morgan fingerprint density at radius 3 is 2.14 bits per heavy atom. The summed E-state index contributed by atoms with van der Waals surface area (Å²) in [6.07, 6.45) is 0.819. The van der Waals surface area contributed by atoms with Crippen LogP contribution in [0.1, 0.15) is 6.42 Å². The van der Waals surface area contributed by atoms with E-state index < -0.39 is 0 Å². The second-order valence-corrected chi connectivity index (χ2v) is 2.96.